The molecule has 1 atom stereocenters. The zero-order valence-electron chi connectivity index (χ0n) is 13.9. The van der Waals surface area contributed by atoms with E-state index >= 15 is 0 Å². The van der Waals surface area contributed by atoms with Gasteiger partial charge in [-0.05, 0) is 29.3 Å². The second-order valence-electron chi connectivity index (χ2n) is 5.72. The van der Waals surface area contributed by atoms with Gasteiger partial charge in [0.1, 0.15) is 0 Å². The van der Waals surface area contributed by atoms with Crippen molar-refractivity contribution in [3.63, 3.8) is 0 Å². The Morgan fingerprint density at radius 2 is 1.74 bits per heavy atom. The van der Waals surface area contributed by atoms with E-state index in [-0.39, 0.29) is 6.04 Å². The lowest BCUT2D eigenvalue weighted by Crippen LogP contribution is -2.22. The number of benzene rings is 2. The average molecular weight is 306 g/mol. The summed E-state index contributed by atoms with van der Waals surface area (Å²) in [7, 11) is 0. The van der Waals surface area contributed by atoms with E-state index in [1.54, 1.807) is 6.20 Å². The lowest BCUT2D eigenvalue weighted by molar-refractivity contribution is 0.383. The summed E-state index contributed by atoms with van der Waals surface area (Å²) in [5.41, 5.74) is 3.72. The molecule has 1 N–H and O–H groups in total. The molecule has 0 saturated heterocycles. The predicted molar refractivity (Wildman–Crippen MR) is 99.6 cm³/mol. The zero-order chi connectivity index (χ0) is 16.5. The average Bonchev–Trinajstić information content (AvgIpc) is 2.62. The maximum absolute atomic E-state index is 7.72. The summed E-state index contributed by atoms with van der Waals surface area (Å²) in [4.78, 5) is 1.91. The Balaban J connectivity index is 2.41. The minimum absolute atomic E-state index is 0.160. The minimum Gasteiger partial charge on any atom is -0.333 e. The molecule has 23 heavy (non-hydrogen) atoms. The molecular weight excluding hydrogens is 280 g/mol. The maximum atomic E-state index is 7.72. The van der Waals surface area contributed by atoms with Gasteiger partial charge in [0.2, 0.25) is 0 Å². The van der Waals surface area contributed by atoms with Crippen molar-refractivity contribution in [3.05, 3.63) is 72.9 Å². The molecule has 2 rings (SSSR count). The first-order valence-corrected chi connectivity index (χ1v) is 8.36. The molecule has 0 aliphatic heterocycles. The van der Waals surface area contributed by atoms with Crippen molar-refractivity contribution < 1.29 is 0 Å². The van der Waals surface area contributed by atoms with Crippen molar-refractivity contribution in [2.24, 2.45) is 0 Å². The van der Waals surface area contributed by atoms with Crippen LogP contribution in [0.15, 0.2) is 67.4 Å². The van der Waals surface area contributed by atoms with E-state index in [9.17, 15) is 0 Å². The van der Waals surface area contributed by atoms with E-state index in [1.165, 1.54) is 35.9 Å². The molecule has 0 spiro atoms. The van der Waals surface area contributed by atoms with E-state index in [2.05, 4.69) is 62.0 Å². The van der Waals surface area contributed by atoms with Gasteiger partial charge in [-0.2, -0.15) is 0 Å². The highest BCUT2D eigenvalue weighted by atomic mass is 15.1. The number of hydrogen-bond acceptors (Lipinski definition) is 1. The second-order valence-corrected chi connectivity index (χ2v) is 5.72. The van der Waals surface area contributed by atoms with Gasteiger partial charge in [-0.1, -0.05) is 87.4 Å². The summed E-state index contributed by atoms with van der Waals surface area (Å²) in [6, 6.07) is 19.1. The molecule has 1 unspecified atom stereocenters. The van der Waals surface area contributed by atoms with Gasteiger partial charge in [0, 0.05) is 0 Å². The van der Waals surface area contributed by atoms with Gasteiger partial charge in [-0.3, -0.25) is 5.41 Å². The van der Waals surface area contributed by atoms with Crippen molar-refractivity contribution in [1.29, 1.82) is 5.41 Å². The van der Waals surface area contributed by atoms with Crippen LogP contribution in [0.4, 0.5) is 0 Å². The molecular formula is C21H26N2. The summed E-state index contributed by atoms with van der Waals surface area (Å²) >= 11 is 0. The van der Waals surface area contributed by atoms with Crippen LogP contribution in [-0.4, -0.2) is 11.2 Å². The van der Waals surface area contributed by atoms with Gasteiger partial charge < -0.3 is 4.90 Å². The van der Waals surface area contributed by atoms with Crippen molar-refractivity contribution in [3.8, 4) is 11.1 Å². The first-order chi connectivity index (χ1) is 11.3. The molecule has 2 nitrogen and oxygen atoms in total. The minimum atomic E-state index is 0.160. The highest BCUT2D eigenvalue weighted by Crippen LogP contribution is 2.34. The molecule has 0 aliphatic rings. The SMILES string of the molecule is C=CN(C=N)C(CCCCC)c1ccccc1-c1ccccc1. The molecule has 0 bridgehead atoms. The highest BCUT2D eigenvalue weighted by molar-refractivity contribution is 5.68. The normalized spacial score (nSPS) is 11.7. The van der Waals surface area contributed by atoms with E-state index in [0.29, 0.717) is 0 Å². The molecule has 120 valence electrons. The third-order valence-electron chi connectivity index (χ3n) is 4.21. The molecule has 0 aliphatic carbocycles. The molecule has 0 amide bonds. The quantitative estimate of drug-likeness (QED) is 0.342. The molecule has 0 heterocycles. The van der Waals surface area contributed by atoms with Crippen LogP contribution >= 0.6 is 0 Å². The fraction of sp³-hybridized carbons (Fsp3) is 0.286. The van der Waals surface area contributed by atoms with Crippen LogP contribution in [0, 0.1) is 5.41 Å². The van der Waals surface area contributed by atoms with Gasteiger partial charge in [-0.25, -0.2) is 0 Å². The first kappa shape index (κ1) is 17.0. The number of nitrogens with one attached hydrogen (secondary N) is 1. The van der Waals surface area contributed by atoms with Gasteiger partial charge in [0.25, 0.3) is 0 Å². The lowest BCUT2D eigenvalue weighted by atomic mass is 9.91. The Morgan fingerprint density at radius 1 is 1.04 bits per heavy atom. The fourth-order valence-electron chi connectivity index (χ4n) is 2.99. The van der Waals surface area contributed by atoms with Gasteiger partial charge in [-0.15, -0.1) is 0 Å². The zero-order valence-corrected chi connectivity index (χ0v) is 13.9. The van der Waals surface area contributed by atoms with Crippen molar-refractivity contribution in [1.82, 2.24) is 4.90 Å². The number of unbranched alkanes of at least 4 members (excludes halogenated alkanes) is 2. The highest BCUT2D eigenvalue weighted by Gasteiger charge is 2.19. The van der Waals surface area contributed by atoms with E-state index < -0.39 is 0 Å². The maximum Gasteiger partial charge on any atom is 0.0862 e. The Kier molecular flexibility index (Phi) is 6.61. The van der Waals surface area contributed by atoms with Crippen LogP contribution in [-0.2, 0) is 0 Å². The van der Waals surface area contributed by atoms with Crippen molar-refractivity contribution >= 4 is 6.34 Å². The van der Waals surface area contributed by atoms with Crippen LogP contribution < -0.4 is 0 Å². The van der Waals surface area contributed by atoms with E-state index in [1.807, 2.05) is 11.0 Å². The molecule has 2 heteroatoms. The molecule has 0 fully saturated rings. The van der Waals surface area contributed by atoms with Crippen LogP contribution in [0.3, 0.4) is 0 Å². The van der Waals surface area contributed by atoms with Crippen LogP contribution in [0.2, 0.25) is 0 Å². The van der Waals surface area contributed by atoms with Crippen LogP contribution in [0.5, 0.6) is 0 Å². The predicted octanol–water partition coefficient (Wildman–Crippen LogP) is 6.03. The fourth-order valence-corrected chi connectivity index (χ4v) is 2.99. The summed E-state index contributed by atoms with van der Waals surface area (Å²) < 4.78 is 0. The Labute approximate surface area is 140 Å². The second kappa shape index (κ2) is 8.94. The summed E-state index contributed by atoms with van der Waals surface area (Å²) in [5.74, 6) is 0. The lowest BCUT2D eigenvalue weighted by Gasteiger charge is -2.29. The smallest absolute Gasteiger partial charge is 0.0862 e. The number of hydrogen-bond donors (Lipinski definition) is 1. The van der Waals surface area contributed by atoms with E-state index in [4.69, 9.17) is 5.41 Å². The Hall–Kier alpha value is -2.35. The molecule has 0 radical (unpaired) electrons. The Bertz CT molecular complexity index is 611. The van der Waals surface area contributed by atoms with E-state index in [0.717, 1.165) is 12.8 Å². The standard InChI is InChI=1S/C21H26N2/c1-3-5-7-16-21(23(4-2)17-22)20-15-11-10-14-19(20)18-12-8-6-9-13-18/h4,6,8-15,17,21-22H,2-3,5,7,16H2,1H3. The number of rotatable bonds is 9. The third-order valence-corrected chi connectivity index (χ3v) is 4.21. The van der Waals surface area contributed by atoms with Crippen molar-refractivity contribution in [2.75, 3.05) is 0 Å². The Morgan fingerprint density at radius 3 is 2.39 bits per heavy atom. The van der Waals surface area contributed by atoms with Crippen LogP contribution in [0.25, 0.3) is 11.1 Å². The van der Waals surface area contributed by atoms with Gasteiger partial charge in [0.15, 0.2) is 0 Å². The van der Waals surface area contributed by atoms with Crippen LogP contribution in [0.1, 0.15) is 44.2 Å². The van der Waals surface area contributed by atoms with Crippen molar-refractivity contribution in [2.45, 2.75) is 38.6 Å². The molecule has 0 saturated carbocycles. The summed E-state index contributed by atoms with van der Waals surface area (Å²) in [6.07, 6.45) is 7.73. The summed E-state index contributed by atoms with van der Waals surface area (Å²) in [6.45, 7) is 6.10. The van der Waals surface area contributed by atoms with Gasteiger partial charge >= 0.3 is 0 Å². The topological polar surface area (TPSA) is 27.1 Å². The summed E-state index contributed by atoms with van der Waals surface area (Å²) in [5, 5.41) is 7.72. The van der Waals surface area contributed by atoms with Gasteiger partial charge in [0.05, 0.1) is 12.4 Å². The monoisotopic (exact) mass is 306 g/mol. The largest absolute Gasteiger partial charge is 0.333 e. The molecule has 0 aromatic heterocycles. The molecule has 2 aromatic carbocycles. The first-order valence-electron chi connectivity index (χ1n) is 8.36. The number of nitrogens with zero attached hydrogens (tertiary/aromatic N) is 1. The molecule has 2 aromatic rings. The third kappa shape index (κ3) is 4.32.